The van der Waals surface area contributed by atoms with E-state index in [1.165, 1.54) is 17.3 Å². The molecule has 2 aromatic rings. The van der Waals surface area contributed by atoms with Gasteiger partial charge in [0.05, 0.1) is 17.4 Å². The van der Waals surface area contributed by atoms with Gasteiger partial charge >= 0.3 is 5.97 Å². The number of nitrogens with one attached hydrogen (secondary N) is 1. The molecule has 2 rings (SSSR count). The van der Waals surface area contributed by atoms with E-state index in [2.05, 4.69) is 16.5 Å². The third-order valence-corrected chi connectivity index (χ3v) is 2.63. The number of amides is 1. The standard InChI is InChI=1S/C13H13N3O3/c1-2-5-16(7-12(17)18)13(19)9-3-4-10-11(6-9)15-8-14-10/h2-4,6,8H,1,5,7H2,(H,14,15)(H,17,18). The molecule has 0 spiro atoms. The van der Waals surface area contributed by atoms with Crippen LogP contribution in [0.25, 0.3) is 11.0 Å². The molecule has 0 saturated carbocycles. The summed E-state index contributed by atoms with van der Waals surface area (Å²) in [6.07, 6.45) is 3.03. The van der Waals surface area contributed by atoms with E-state index in [-0.39, 0.29) is 19.0 Å². The summed E-state index contributed by atoms with van der Waals surface area (Å²) in [7, 11) is 0. The first-order valence-corrected chi connectivity index (χ1v) is 5.67. The largest absolute Gasteiger partial charge is 0.480 e. The Labute approximate surface area is 109 Å². The molecular formula is C13H13N3O3. The third kappa shape index (κ3) is 2.79. The van der Waals surface area contributed by atoms with Crippen LogP contribution in [0.2, 0.25) is 0 Å². The van der Waals surface area contributed by atoms with Crippen molar-refractivity contribution in [3.8, 4) is 0 Å². The zero-order valence-electron chi connectivity index (χ0n) is 10.2. The Morgan fingerprint density at radius 1 is 1.47 bits per heavy atom. The van der Waals surface area contributed by atoms with Crippen molar-refractivity contribution in [3.05, 3.63) is 42.7 Å². The van der Waals surface area contributed by atoms with Gasteiger partial charge in [-0.3, -0.25) is 9.59 Å². The Hall–Kier alpha value is -2.63. The minimum atomic E-state index is -1.06. The number of imidazole rings is 1. The van der Waals surface area contributed by atoms with Crippen molar-refractivity contribution in [1.82, 2.24) is 14.9 Å². The molecule has 2 N–H and O–H groups in total. The van der Waals surface area contributed by atoms with Crippen LogP contribution < -0.4 is 0 Å². The van der Waals surface area contributed by atoms with Crippen molar-refractivity contribution >= 4 is 22.9 Å². The van der Waals surface area contributed by atoms with Crippen molar-refractivity contribution in [2.45, 2.75) is 0 Å². The second-order valence-electron chi connectivity index (χ2n) is 4.00. The Kier molecular flexibility index (Phi) is 3.61. The topological polar surface area (TPSA) is 86.3 Å². The van der Waals surface area contributed by atoms with E-state index in [4.69, 9.17) is 5.11 Å². The summed E-state index contributed by atoms with van der Waals surface area (Å²) in [4.78, 5) is 31.1. The van der Waals surface area contributed by atoms with Gasteiger partial charge in [0, 0.05) is 12.1 Å². The summed E-state index contributed by atoms with van der Waals surface area (Å²) in [5.41, 5.74) is 1.91. The number of fused-ring (bicyclic) bond motifs is 1. The van der Waals surface area contributed by atoms with Crippen LogP contribution in [0.1, 0.15) is 10.4 Å². The van der Waals surface area contributed by atoms with Crippen LogP contribution in [-0.2, 0) is 4.79 Å². The molecule has 0 aliphatic rings. The van der Waals surface area contributed by atoms with Gasteiger partial charge in [-0.15, -0.1) is 6.58 Å². The lowest BCUT2D eigenvalue weighted by Crippen LogP contribution is -2.35. The van der Waals surface area contributed by atoms with Gasteiger partial charge < -0.3 is 15.0 Å². The predicted molar refractivity (Wildman–Crippen MR) is 69.8 cm³/mol. The lowest BCUT2D eigenvalue weighted by Gasteiger charge is -2.18. The summed E-state index contributed by atoms with van der Waals surface area (Å²) < 4.78 is 0. The number of aromatic amines is 1. The van der Waals surface area contributed by atoms with Crippen LogP contribution in [0, 0.1) is 0 Å². The van der Waals surface area contributed by atoms with Gasteiger partial charge in [0.1, 0.15) is 6.54 Å². The average molecular weight is 259 g/mol. The smallest absolute Gasteiger partial charge is 0.323 e. The van der Waals surface area contributed by atoms with Gasteiger partial charge in [0.15, 0.2) is 0 Å². The number of rotatable bonds is 5. The Morgan fingerprint density at radius 3 is 2.95 bits per heavy atom. The fraction of sp³-hybridized carbons (Fsp3) is 0.154. The van der Waals surface area contributed by atoms with E-state index in [1.807, 2.05) is 0 Å². The van der Waals surface area contributed by atoms with Gasteiger partial charge in [0.25, 0.3) is 5.91 Å². The van der Waals surface area contributed by atoms with Gasteiger partial charge in [-0.1, -0.05) is 6.08 Å². The maximum Gasteiger partial charge on any atom is 0.323 e. The number of carboxylic acid groups (broad SMARTS) is 1. The highest BCUT2D eigenvalue weighted by Gasteiger charge is 2.17. The summed E-state index contributed by atoms with van der Waals surface area (Å²) in [5.74, 6) is -1.41. The lowest BCUT2D eigenvalue weighted by molar-refractivity contribution is -0.137. The quantitative estimate of drug-likeness (QED) is 0.792. The van der Waals surface area contributed by atoms with Gasteiger partial charge in [-0.2, -0.15) is 0 Å². The highest BCUT2D eigenvalue weighted by molar-refractivity contribution is 5.98. The molecule has 6 heteroatoms. The molecule has 19 heavy (non-hydrogen) atoms. The molecular weight excluding hydrogens is 246 g/mol. The minimum Gasteiger partial charge on any atom is -0.480 e. The monoisotopic (exact) mass is 259 g/mol. The highest BCUT2D eigenvalue weighted by Crippen LogP contribution is 2.13. The van der Waals surface area contributed by atoms with E-state index in [9.17, 15) is 9.59 Å². The van der Waals surface area contributed by atoms with Crippen LogP contribution in [0.3, 0.4) is 0 Å². The number of aliphatic carboxylic acids is 1. The zero-order valence-corrected chi connectivity index (χ0v) is 10.2. The summed E-state index contributed by atoms with van der Waals surface area (Å²) in [6.45, 7) is 3.35. The van der Waals surface area contributed by atoms with E-state index in [1.54, 1.807) is 18.2 Å². The van der Waals surface area contributed by atoms with Crippen molar-refractivity contribution in [1.29, 1.82) is 0 Å². The van der Waals surface area contributed by atoms with E-state index in [0.29, 0.717) is 5.56 Å². The van der Waals surface area contributed by atoms with Gasteiger partial charge in [-0.25, -0.2) is 4.98 Å². The molecule has 98 valence electrons. The highest BCUT2D eigenvalue weighted by atomic mass is 16.4. The zero-order chi connectivity index (χ0) is 13.8. The van der Waals surface area contributed by atoms with Gasteiger partial charge in [0.2, 0.25) is 0 Å². The molecule has 0 radical (unpaired) electrons. The number of carbonyl (C=O) groups excluding carboxylic acids is 1. The molecule has 0 fully saturated rings. The Balaban J connectivity index is 2.28. The number of hydrogen-bond donors (Lipinski definition) is 2. The van der Waals surface area contributed by atoms with E-state index >= 15 is 0 Å². The number of hydrogen-bond acceptors (Lipinski definition) is 3. The van der Waals surface area contributed by atoms with Crippen LogP contribution in [0.15, 0.2) is 37.2 Å². The molecule has 0 unspecified atom stereocenters. The molecule has 1 heterocycles. The predicted octanol–water partition coefficient (Wildman–Crippen LogP) is 1.28. The molecule has 1 aromatic carbocycles. The van der Waals surface area contributed by atoms with Crippen LogP contribution in [0.4, 0.5) is 0 Å². The van der Waals surface area contributed by atoms with E-state index in [0.717, 1.165) is 11.0 Å². The van der Waals surface area contributed by atoms with Crippen LogP contribution >= 0.6 is 0 Å². The minimum absolute atomic E-state index is 0.187. The number of aromatic nitrogens is 2. The molecule has 0 saturated heterocycles. The van der Waals surface area contributed by atoms with Gasteiger partial charge in [-0.05, 0) is 18.2 Å². The lowest BCUT2D eigenvalue weighted by atomic mass is 10.1. The maximum absolute atomic E-state index is 12.2. The summed E-state index contributed by atoms with van der Waals surface area (Å²) in [6, 6.07) is 5.00. The third-order valence-electron chi connectivity index (χ3n) is 2.63. The fourth-order valence-electron chi connectivity index (χ4n) is 1.79. The molecule has 0 aliphatic carbocycles. The summed E-state index contributed by atoms with van der Waals surface area (Å²) in [5, 5.41) is 8.80. The molecule has 1 aromatic heterocycles. The molecule has 1 amide bonds. The van der Waals surface area contributed by atoms with Crippen molar-refractivity contribution in [2.75, 3.05) is 13.1 Å². The normalized spacial score (nSPS) is 10.3. The molecule has 0 aliphatic heterocycles. The second kappa shape index (κ2) is 5.34. The maximum atomic E-state index is 12.2. The van der Waals surface area contributed by atoms with Crippen LogP contribution in [0.5, 0.6) is 0 Å². The number of nitrogens with zero attached hydrogens (tertiary/aromatic N) is 2. The van der Waals surface area contributed by atoms with Crippen molar-refractivity contribution in [3.63, 3.8) is 0 Å². The van der Waals surface area contributed by atoms with Crippen LogP contribution in [-0.4, -0.2) is 44.9 Å². The van der Waals surface area contributed by atoms with Crippen molar-refractivity contribution < 1.29 is 14.7 Å². The van der Waals surface area contributed by atoms with E-state index < -0.39 is 5.97 Å². The summed E-state index contributed by atoms with van der Waals surface area (Å²) >= 11 is 0. The Morgan fingerprint density at radius 2 is 2.26 bits per heavy atom. The molecule has 6 nitrogen and oxygen atoms in total. The number of H-pyrrole nitrogens is 1. The fourth-order valence-corrected chi connectivity index (χ4v) is 1.79. The average Bonchev–Trinajstić information content (AvgIpc) is 2.84. The van der Waals surface area contributed by atoms with Crippen molar-refractivity contribution in [2.24, 2.45) is 0 Å². The Bertz CT molecular complexity index is 633. The first kappa shape index (κ1) is 12.8. The SMILES string of the molecule is C=CCN(CC(=O)O)C(=O)c1ccc2nc[nH]c2c1. The molecule has 0 bridgehead atoms. The number of benzene rings is 1. The molecule has 0 atom stereocenters. The first-order valence-electron chi connectivity index (χ1n) is 5.67. The second-order valence-corrected chi connectivity index (χ2v) is 4.00. The number of carboxylic acids is 1. The first-order chi connectivity index (χ1) is 9.11. The number of carbonyl (C=O) groups is 2.